The van der Waals surface area contributed by atoms with Gasteiger partial charge in [0.1, 0.15) is 36.9 Å². The van der Waals surface area contributed by atoms with Crippen LogP contribution in [0.25, 0.3) is 33.7 Å². The number of H-pyrrole nitrogens is 2. The second-order valence-electron chi connectivity index (χ2n) is 20.7. The van der Waals surface area contributed by atoms with Crippen LogP contribution in [-0.4, -0.2) is 115 Å². The first-order valence-electron chi connectivity index (χ1n) is 27.3. The Hall–Kier alpha value is -7.22. The average molecular weight is 1020 g/mol. The molecule has 0 saturated carbocycles. The molecule has 2 aromatic carbocycles. The van der Waals surface area contributed by atoms with Crippen molar-refractivity contribution < 1.29 is 28.7 Å². The molecule has 5 aliphatic rings. The van der Waals surface area contributed by atoms with Gasteiger partial charge >= 0.3 is 12.2 Å². The van der Waals surface area contributed by atoms with Crippen LogP contribution in [-0.2, 0) is 19.1 Å². The van der Waals surface area contributed by atoms with Gasteiger partial charge in [-0.15, -0.1) is 0 Å². The summed E-state index contributed by atoms with van der Waals surface area (Å²) >= 11 is 0. The van der Waals surface area contributed by atoms with Crippen molar-refractivity contribution in [3.8, 4) is 22.5 Å². The summed E-state index contributed by atoms with van der Waals surface area (Å²) in [6.45, 7) is 16.5. The van der Waals surface area contributed by atoms with Gasteiger partial charge in [-0.05, 0) is 142 Å². The summed E-state index contributed by atoms with van der Waals surface area (Å²) < 4.78 is 10.6. The Kier molecular flexibility index (Phi) is 17.1. The van der Waals surface area contributed by atoms with Gasteiger partial charge in [-0.3, -0.25) is 19.4 Å². The van der Waals surface area contributed by atoms with Crippen molar-refractivity contribution in [1.29, 1.82) is 0 Å². The molecular weight excluding hydrogens is 941 g/mol. The number of hydrogen-bond donors (Lipinski definition) is 2. The first-order valence-corrected chi connectivity index (χ1v) is 27.3. The highest BCUT2D eigenvalue weighted by atomic mass is 16.6. The van der Waals surface area contributed by atoms with Gasteiger partial charge in [0.15, 0.2) is 0 Å². The van der Waals surface area contributed by atoms with Crippen LogP contribution in [0.4, 0.5) is 9.59 Å². The van der Waals surface area contributed by atoms with Gasteiger partial charge in [-0.1, -0.05) is 111 Å². The summed E-state index contributed by atoms with van der Waals surface area (Å²) in [5, 5.41) is 0. The van der Waals surface area contributed by atoms with Crippen molar-refractivity contribution in [1.82, 2.24) is 39.5 Å². The van der Waals surface area contributed by atoms with Crippen molar-refractivity contribution in [3.05, 3.63) is 144 Å². The fourth-order valence-corrected chi connectivity index (χ4v) is 11.8. The number of nitrogens with one attached hydrogen (secondary N) is 2. The third kappa shape index (κ3) is 11.9. The third-order valence-electron chi connectivity index (χ3n) is 16.0. The Morgan fingerprint density at radius 3 is 1.67 bits per heavy atom. The molecule has 0 spiro atoms. The van der Waals surface area contributed by atoms with E-state index in [2.05, 4.69) is 117 Å². The number of hydrogen-bond acceptors (Lipinski definition) is 8. The summed E-state index contributed by atoms with van der Waals surface area (Å²) in [5.74, 6) is 1.83. The van der Waals surface area contributed by atoms with E-state index in [1.165, 1.54) is 45.6 Å². The van der Waals surface area contributed by atoms with Gasteiger partial charge in [0, 0.05) is 26.2 Å². The van der Waals surface area contributed by atoms with Crippen LogP contribution in [0.1, 0.15) is 139 Å². The molecule has 4 aliphatic heterocycles. The Morgan fingerprint density at radius 2 is 1.15 bits per heavy atom. The minimum Gasteiger partial charge on any atom is -0.445 e. The lowest BCUT2D eigenvalue weighted by atomic mass is 9.86. The van der Waals surface area contributed by atoms with E-state index in [4.69, 9.17) is 19.4 Å². The molecule has 4 aromatic rings. The van der Waals surface area contributed by atoms with Crippen LogP contribution in [0.2, 0.25) is 0 Å². The zero-order valence-corrected chi connectivity index (χ0v) is 44.1. The fourth-order valence-electron chi connectivity index (χ4n) is 11.8. The minimum atomic E-state index is -0.523. The molecule has 394 valence electrons. The molecule has 0 radical (unpaired) electrons. The number of nitrogens with zero attached hydrogens (tertiary/aromatic N) is 6. The minimum absolute atomic E-state index is 0.0389. The van der Waals surface area contributed by atoms with Gasteiger partial charge < -0.3 is 29.2 Å². The molecule has 6 heterocycles. The maximum absolute atomic E-state index is 13.9. The monoisotopic (exact) mass is 1010 g/mol. The predicted octanol–water partition coefficient (Wildman–Crippen LogP) is 12.3. The van der Waals surface area contributed by atoms with Gasteiger partial charge in [0.25, 0.3) is 0 Å². The summed E-state index contributed by atoms with van der Waals surface area (Å²) in [7, 11) is 0. The second-order valence-corrected chi connectivity index (χ2v) is 20.7. The SMILES string of the molecule is C=CCOC(=O)N1CCC[C@H]1C(=O)N1CCC[C@H]1c1ncc(-c2ccc(/C3=C/C(=C\C)CCC(=C(/C)c4ccc(-c5cnc([C@@H]6CCCN6C(=O)[C@@H]6CCCN6C(=O)OCC=C)[nH]5)cc4)/C=C\CCC[C@H]3C)cc2)[nH]1. The van der Waals surface area contributed by atoms with Crippen molar-refractivity contribution in [2.45, 2.75) is 128 Å². The number of carbonyl (C=O) groups is 4. The second kappa shape index (κ2) is 24.4. The van der Waals surface area contributed by atoms with E-state index in [9.17, 15) is 19.2 Å². The quantitative estimate of drug-likeness (QED) is 0.133. The topological polar surface area (TPSA) is 157 Å². The maximum atomic E-state index is 13.9. The molecule has 14 nitrogen and oxygen atoms in total. The summed E-state index contributed by atoms with van der Waals surface area (Å²) in [6.07, 6.45) is 26.4. The van der Waals surface area contributed by atoms with Crippen LogP contribution in [0.3, 0.4) is 0 Å². The lowest BCUT2D eigenvalue weighted by Crippen LogP contribution is -2.47. The smallest absolute Gasteiger partial charge is 0.410 e. The van der Waals surface area contributed by atoms with E-state index in [0.29, 0.717) is 44.9 Å². The van der Waals surface area contributed by atoms with Crippen molar-refractivity contribution in [2.75, 3.05) is 39.4 Å². The van der Waals surface area contributed by atoms with Crippen molar-refractivity contribution in [3.63, 3.8) is 0 Å². The van der Waals surface area contributed by atoms with Gasteiger partial charge in [0.05, 0.1) is 35.9 Å². The van der Waals surface area contributed by atoms with Crippen molar-refractivity contribution >= 4 is 35.1 Å². The molecule has 5 atom stereocenters. The molecule has 75 heavy (non-hydrogen) atoms. The van der Waals surface area contributed by atoms with E-state index >= 15 is 0 Å². The van der Waals surface area contributed by atoms with Crippen LogP contribution in [0.5, 0.6) is 0 Å². The molecule has 4 fully saturated rings. The molecule has 2 N–H and O–H groups in total. The van der Waals surface area contributed by atoms with Crippen LogP contribution >= 0.6 is 0 Å². The molecule has 4 saturated heterocycles. The van der Waals surface area contributed by atoms with E-state index in [-0.39, 0.29) is 37.1 Å². The zero-order valence-electron chi connectivity index (χ0n) is 44.1. The van der Waals surface area contributed by atoms with E-state index in [1.807, 2.05) is 22.2 Å². The molecule has 9 rings (SSSR count). The highest BCUT2D eigenvalue weighted by Gasteiger charge is 2.43. The first-order chi connectivity index (χ1) is 36.6. The van der Waals surface area contributed by atoms with Gasteiger partial charge in [-0.25, -0.2) is 19.6 Å². The summed E-state index contributed by atoms with van der Waals surface area (Å²) in [4.78, 5) is 76.9. The highest BCUT2D eigenvalue weighted by molar-refractivity contribution is 5.88. The molecule has 1 aliphatic carbocycles. The first kappa shape index (κ1) is 52.6. The maximum Gasteiger partial charge on any atom is 0.410 e. The number of rotatable bonds is 12. The molecule has 0 unspecified atom stereocenters. The van der Waals surface area contributed by atoms with E-state index in [0.717, 1.165) is 105 Å². The summed E-state index contributed by atoms with van der Waals surface area (Å²) in [5.41, 5.74) is 11.5. The zero-order chi connectivity index (χ0) is 52.4. The Balaban J connectivity index is 0.848. The number of imidazole rings is 2. The number of aromatic nitrogens is 4. The molecule has 14 heteroatoms. The number of allylic oxidation sites excluding steroid dienone is 8. The van der Waals surface area contributed by atoms with Crippen LogP contribution in [0.15, 0.2) is 122 Å². The standard InChI is InChI=1S/C61H74N8O6/c1-6-36-74-60(72)68-34-14-20-54(68)58(70)66-32-12-18-52(66)56-62-39-50(64-56)47-28-24-45(25-29-47)42(5)44-17-11-9-10-16-41(4)49(38-43(8-3)22-23-44)46-26-30-48(31-27-46)51-40-63-57(65-51)53-19-13-33-67(53)59(71)55-21-15-35-69(55)61(73)75-37-7-2/h6-8,11,17,24-31,38-41,52-55H,1-2,9-10,12-16,18-23,32-37H2,3-5H3,(H,62,64)(H,63,65)/b17-11-,43-8-,44-42-,49-38+/t41-,52+,53+,54+,55+/m1/s1. The average Bonchev–Trinajstić information content (AvgIpc) is 4.30. The van der Waals surface area contributed by atoms with Gasteiger partial charge in [-0.2, -0.15) is 0 Å². The number of aromatic amines is 2. The third-order valence-corrected chi connectivity index (χ3v) is 16.0. The van der Waals surface area contributed by atoms with Crippen LogP contribution < -0.4 is 0 Å². The van der Waals surface area contributed by atoms with E-state index in [1.54, 1.807) is 9.80 Å². The largest absolute Gasteiger partial charge is 0.445 e. The predicted molar refractivity (Wildman–Crippen MR) is 294 cm³/mol. The number of likely N-dealkylation sites (tertiary alicyclic amines) is 4. The van der Waals surface area contributed by atoms with Crippen molar-refractivity contribution in [2.24, 2.45) is 5.92 Å². The Bertz CT molecular complexity index is 2840. The van der Waals surface area contributed by atoms with Gasteiger partial charge in [0.2, 0.25) is 11.8 Å². The van der Waals surface area contributed by atoms with Crippen LogP contribution in [0, 0.1) is 5.92 Å². The van der Waals surface area contributed by atoms with E-state index < -0.39 is 24.3 Å². The normalized spacial score (nSPS) is 24.8. The lowest BCUT2D eigenvalue weighted by molar-refractivity contribution is -0.137. The fraction of sp³-hybridized carbons (Fsp3) is 0.443. The Morgan fingerprint density at radius 1 is 0.653 bits per heavy atom. The molecule has 0 bridgehead atoms. The molecule has 4 amide bonds. The number of amides is 4. The highest BCUT2D eigenvalue weighted by Crippen LogP contribution is 2.38. The molecule has 2 aromatic heterocycles. The molecular formula is C61H74N8O6. The Labute approximate surface area is 442 Å². The number of benzene rings is 2. The summed E-state index contributed by atoms with van der Waals surface area (Å²) in [6, 6.07) is 16.1. The number of carbonyl (C=O) groups excluding carboxylic acids is 4. The number of ether oxygens (including phenoxy) is 2. The lowest BCUT2D eigenvalue weighted by Gasteiger charge is -2.30.